The number of nitrogens with zero attached hydrogens (tertiary/aromatic N) is 1. The standard InChI is InChI=1S/C20H15N3O5S2/c21-30(26,27)16-7-4-12(5-8-16)17-9-6-15(28-17)11-18-19(23-20(25)29-18)22-13-2-1-3-14(24)10-13/h1-11,24H,(H2,21,26,27)(H,22,23,25)/b18-11-. The molecule has 30 heavy (non-hydrogen) atoms. The van der Waals surface area contributed by atoms with Gasteiger partial charge in [-0.2, -0.15) is 0 Å². The summed E-state index contributed by atoms with van der Waals surface area (Å²) in [5.41, 5.74) is 1.17. The minimum atomic E-state index is -3.76. The predicted molar refractivity (Wildman–Crippen MR) is 115 cm³/mol. The summed E-state index contributed by atoms with van der Waals surface area (Å²) < 4.78 is 28.5. The Morgan fingerprint density at radius 2 is 1.87 bits per heavy atom. The van der Waals surface area contributed by atoms with Gasteiger partial charge in [-0.05, 0) is 66.4 Å². The van der Waals surface area contributed by atoms with E-state index in [0.717, 1.165) is 11.8 Å². The normalized spacial score (nSPS) is 16.9. The Morgan fingerprint density at radius 1 is 1.10 bits per heavy atom. The molecule has 4 N–H and O–H groups in total. The van der Waals surface area contributed by atoms with Crippen LogP contribution in [0.25, 0.3) is 17.4 Å². The number of hydrogen-bond donors (Lipinski definition) is 3. The molecule has 1 aliphatic heterocycles. The summed E-state index contributed by atoms with van der Waals surface area (Å²) in [4.78, 5) is 16.8. The van der Waals surface area contributed by atoms with E-state index in [-0.39, 0.29) is 15.9 Å². The summed E-state index contributed by atoms with van der Waals surface area (Å²) in [7, 11) is -3.76. The number of sulfonamides is 1. The molecule has 0 spiro atoms. The zero-order valence-electron chi connectivity index (χ0n) is 15.3. The highest BCUT2D eigenvalue weighted by molar-refractivity contribution is 8.18. The van der Waals surface area contributed by atoms with Gasteiger partial charge in [0.1, 0.15) is 23.1 Å². The van der Waals surface area contributed by atoms with Gasteiger partial charge in [-0.25, -0.2) is 18.5 Å². The smallest absolute Gasteiger partial charge is 0.289 e. The molecule has 2 heterocycles. The van der Waals surface area contributed by atoms with E-state index in [4.69, 9.17) is 9.56 Å². The third-order valence-electron chi connectivity index (χ3n) is 4.09. The molecule has 1 saturated heterocycles. The van der Waals surface area contributed by atoms with Crippen LogP contribution in [0.4, 0.5) is 10.5 Å². The highest BCUT2D eigenvalue weighted by Crippen LogP contribution is 2.31. The van der Waals surface area contributed by atoms with Gasteiger partial charge < -0.3 is 14.8 Å². The van der Waals surface area contributed by atoms with Crippen molar-refractivity contribution in [2.24, 2.45) is 10.1 Å². The quantitative estimate of drug-likeness (QED) is 0.563. The topological polar surface area (TPSA) is 135 Å². The molecule has 2 aromatic carbocycles. The van der Waals surface area contributed by atoms with Gasteiger partial charge in [-0.1, -0.05) is 6.07 Å². The first kappa shape index (κ1) is 20.0. The van der Waals surface area contributed by atoms with E-state index in [9.17, 15) is 18.3 Å². The molecule has 0 bridgehead atoms. The summed E-state index contributed by atoms with van der Waals surface area (Å²) in [6, 6.07) is 15.8. The average molecular weight is 441 g/mol. The fourth-order valence-electron chi connectivity index (χ4n) is 2.73. The van der Waals surface area contributed by atoms with Gasteiger partial charge in [-0.3, -0.25) is 4.79 Å². The first-order chi connectivity index (χ1) is 14.3. The van der Waals surface area contributed by atoms with Crippen molar-refractivity contribution in [2.45, 2.75) is 4.90 Å². The average Bonchev–Trinajstić information content (AvgIpc) is 3.28. The van der Waals surface area contributed by atoms with E-state index < -0.39 is 10.0 Å². The minimum absolute atomic E-state index is 0.0138. The third-order valence-corrected chi connectivity index (χ3v) is 5.84. The van der Waals surface area contributed by atoms with E-state index in [1.54, 1.807) is 42.5 Å². The summed E-state index contributed by atoms with van der Waals surface area (Å²) in [6.45, 7) is 0. The second-order valence-corrected chi connectivity index (χ2v) is 8.85. The Balaban J connectivity index is 1.61. The van der Waals surface area contributed by atoms with Crippen molar-refractivity contribution in [3.8, 4) is 17.1 Å². The summed E-state index contributed by atoms with van der Waals surface area (Å²) in [5, 5.41) is 17.1. The molecule has 10 heteroatoms. The van der Waals surface area contributed by atoms with Gasteiger partial charge >= 0.3 is 0 Å². The van der Waals surface area contributed by atoms with E-state index in [1.807, 2.05) is 0 Å². The molecule has 0 atom stereocenters. The number of aliphatic imine (C=N–C) groups is 1. The predicted octanol–water partition coefficient (Wildman–Crippen LogP) is 3.83. The van der Waals surface area contributed by atoms with Crippen molar-refractivity contribution in [3.05, 3.63) is 71.3 Å². The minimum Gasteiger partial charge on any atom is -0.508 e. The lowest BCUT2D eigenvalue weighted by Crippen LogP contribution is -2.18. The van der Waals surface area contributed by atoms with Gasteiger partial charge in [0.15, 0.2) is 0 Å². The highest BCUT2D eigenvalue weighted by Gasteiger charge is 2.24. The Morgan fingerprint density at radius 3 is 2.57 bits per heavy atom. The van der Waals surface area contributed by atoms with Gasteiger partial charge in [-0.15, -0.1) is 0 Å². The molecule has 4 rings (SSSR count). The molecule has 152 valence electrons. The number of aromatic hydroxyl groups is 1. The number of phenolic OH excluding ortho intramolecular Hbond substituents is 1. The van der Waals surface area contributed by atoms with Crippen LogP contribution in [0.5, 0.6) is 5.75 Å². The van der Waals surface area contributed by atoms with E-state index in [2.05, 4.69) is 10.3 Å². The number of nitrogens with one attached hydrogen (secondary N) is 1. The second kappa shape index (κ2) is 7.82. The number of carbonyl (C=O) groups is 1. The Hall–Kier alpha value is -3.34. The van der Waals surface area contributed by atoms with Crippen LogP contribution in [-0.2, 0) is 10.0 Å². The van der Waals surface area contributed by atoms with E-state index >= 15 is 0 Å². The summed E-state index contributed by atoms with van der Waals surface area (Å²) in [5.74, 6) is 1.44. The number of nitrogens with two attached hydrogens (primary N) is 1. The van der Waals surface area contributed by atoms with Crippen LogP contribution in [0.1, 0.15) is 5.76 Å². The van der Waals surface area contributed by atoms with Crippen molar-refractivity contribution in [1.82, 2.24) is 5.32 Å². The Bertz CT molecular complexity index is 1290. The fraction of sp³-hybridized carbons (Fsp3) is 0. The number of primary sulfonamides is 1. The molecule has 0 aliphatic carbocycles. The van der Waals surface area contributed by atoms with Gasteiger partial charge in [0.25, 0.3) is 5.24 Å². The maximum absolute atomic E-state index is 11.8. The van der Waals surface area contributed by atoms with E-state index in [0.29, 0.717) is 33.5 Å². The van der Waals surface area contributed by atoms with Crippen LogP contribution in [-0.4, -0.2) is 24.6 Å². The SMILES string of the molecule is NS(=O)(=O)c1ccc(-c2ccc(/C=C3\SC(=O)NC3=Nc3cccc(O)c3)o2)cc1. The van der Waals surface area contributed by atoms with Crippen molar-refractivity contribution in [3.63, 3.8) is 0 Å². The maximum atomic E-state index is 11.8. The van der Waals surface area contributed by atoms with Gasteiger partial charge in [0.2, 0.25) is 10.0 Å². The van der Waals surface area contributed by atoms with E-state index in [1.165, 1.54) is 24.3 Å². The molecule has 1 amide bonds. The number of thioether (sulfide) groups is 1. The molecular weight excluding hydrogens is 426 g/mol. The molecule has 8 nitrogen and oxygen atoms in total. The molecule has 0 unspecified atom stereocenters. The molecule has 1 aromatic heterocycles. The molecule has 1 aliphatic rings. The van der Waals surface area contributed by atoms with Crippen LogP contribution in [0.3, 0.4) is 0 Å². The first-order valence-corrected chi connectivity index (χ1v) is 11.0. The molecule has 1 fully saturated rings. The van der Waals surface area contributed by atoms with Gasteiger partial charge in [0.05, 0.1) is 15.5 Å². The van der Waals surface area contributed by atoms with Crippen molar-refractivity contribution >= 4 is 44.6 Å². The highest BCUT2D eigenvalue weighted by atomic mass is 32.2. The lowest BCUT2D eigenvalue weighted by molar-refractivity contribution is 0.265. The zero-order chi connectivity index (χ0) is 21.3. The number of amides is 1. The number of hydrogen-bond acceptors (Lipinski definition) is 7. The monoisotopic (exact) mass is 441 g/mol. The zero-order valence-corrected chi connectivity index (χ0v) is 16.9. The van der Waals surface area contributed by atoms with Crippen molar-refractivity contribution in [1.29, 1.82) is 0 Å². The fourth-order valence-corrected chi connectivity index (χ4v) is 3.96. The van der Waals surface area contributed by atoms with Crippen LogP contribution in [0.2, 0.25) is 0 Å². The number of furan rings is 1. The van der Waals surface area contributed by atoms with Crippen molar-refractivity contribution in [2.75, 3.05) is 0 Å². The Labute approximate surface area is 176 Å². The largest absolute Gasteiger partial charge is 0.508 e. The lowest BCUT2D eigenvalue weighted by Gasteiger charge is -2.01. The number of benzene rings is 2. The molecule has 0 saturated carbocycles. The van der Waals surface area contributed by atoms with Gasteiger partial charge in [0, 0.05) is 11.6 Å². The molecule has 0 radical (unpaired) electrons. The first-order valence-electron chi connectivity index (χ1n) is 8.60. The van der Waals surface area contributed by atoms with Crippen LogP contribution in [0.15, 0.2) is 79.9 Å². The summed E-state index contributed by atoms with van der Waals surface area (Å²) in [6.07, 6.45) is 1.67. The van der Waals surface area contributed by atoms with Crippen LogP contribution < -0.4 is 10.5 Å². The second-order valence-electron chi connectivity index (χ2n) is 6.27. The number of rotatable bonds is 4. The van der Waals surface area contributed by atoms with Crippen LogP contribution in [0, 0.1) is 0 Å². The number of phenols is 1. The molecular formula is C20H15N3O5S2. The van der Waals surface area contributed by atoms with Crippen molar-refractivity contribution < 1.29 is 22.7 Å². The third kappa shape index (κ3) is 4.46. The Kier molecular flexibility index (Phi) is 5.20. The number of amidine groups is 1. The lowest BCUT2D eigenvalue weighted by atomic mass is 10.2. The maximum Gasteiger partial charge on any atom is 0.289 e. The number of carbonyl (C=O) groups excluding carboxylic acids is 1. The summed E-state index contributed by atoms with van der Waals surface area (Å²) >= 11 is 0.979. The molecule has 3 aromatic rings. The van der Waals surface area contributed by atoms with Crippen LogP contribution >= 0.6 is 11.8 Å².